The maximum absolute atomic E-state index is 13.0. The lowest BCUT2D eigenvalue weighted by molar-refractivity contribution is -0.121. The molecule has 1 unspecified atom stereocenters. The molecule has 1 aromatic rings. The summed E-state index contributed by atoms with van der Waals surface area (Å²) in [5.74, 6) is -0.0102. The van der Waals surface area contributed by atoms with Gasteiger partial charge in [0.1, 0.15) is 5.82 Å². The summed E-state index contributed by atoms with van der Waals surface area (Å²) in [6.45, 7) is 7.06. The minimum atomic E-state index is -0.237. The van der Waals surface area contributed by atoms with Crippen molar-refractivity contribution in [2.75, 3.05) is 39.4 Å². The highest BCUT2D eigenvalue weighted by Crippen LogP contribution is 2.25. The SMILES string of the molecule is CCCC(CC(=O)NCCN1CCOCC1)c1ccc(F)cc1. The fourth-order valence-electron chi connectivity index (χ4n) is 2.94. The number of hydrogen-bond donors (Lipinski definition) is 1. The standard InChI is InChI=1S/C18H27FN2O2/c1-2-3-16(15-4-6-17(19)7-5-15)14-18(22)20-8-9-21-10-12-23-13-11-21/h4-7,16H,2-3,8-14H2,1H3,(H,20,22). The monoisotopic (exact) mass is 322 g/mol. The third-order valence-corrected chi connectivity index (χ3v) is 4.26. The van der Waals surface area contributed by atoms with E-state index in [-0.39, 0.29) is 17.6 Å². The van der Waals surface area contributed by atoms with Crippen LogP contribution in [0.3, 0.4) is 0 Å². The zero-order valence-corrected chi connectivity index (χ0v) is 13.9. The second-order valence-electron chi connectivity index (χ2n) is 6.05. The Morgan fingerprint density at radius 1 is 1.30 bits per heavy atom. The predicted molar refractivity (Wildman–Crippen MR) is 88.9 cm³/mol. The molecule has 1 aromatic carbocycles. The van der Waals surface area contributed by atoms with E-state index < -0.39 is 0 Å². The van der Waals surface area contributed by atoms with Gasteiger partial charge in [-0.25, -0.2) is 4.39 Å². The van der Waals surface area contributed by atoms with Crippen LogP contribution in [-0.2, 0) is 9.53 Å². The molecule has 1 heterocycles. The van der Waals surface area contributed by atoms with E-state index in [9.17, 15) is 9.18 Å². The molecule has 1 aliphatic heterocycles. The largest absolute Gasteiger partial charge is 0.379 e. The van der Waals surface area contributed by atoms with Crippen LogP contribution in [0.2, 0.25) is 0 Å². The molecular weight excluding hydrogens is 295 g/mol. The van der Waals surface area contributed by atoms with Crippen molar-refractivity contribution in [2.45, 2.75) is 32.1 Å². The van der Waals surface area contributed by atoms with Gasteiger partial charge in [-0.2, -0.15) is 0 Å². The Labute approximate surface area is 138 Å². The van der Waals surface area contributed by atoms with Crippen molar-refractivity contribution >= 4 is 5.91 Å². The molecule has 0 spiro atoms. The summed E-state index contributed by atoms with van der Waals surface area (Å²) >= 11 is 0. The summed E-state index contributed by atoms with van der Waals surface area (Å²) in [6, 6.07) is 6.51. The van der Waals surface area contributed by atoms with Crippen LogP contribution in [0, 0.1) is 5.82 Å². The van der Waals surface area contributed by atoms with Crippen molar-refractivity contribution < 1.29 is 13.9 Å². The van der Waals surface area contributed by atoms with Crippen molar-refractivity contribution in [3.8, 4) is 0 Å². The van der Waals surface area contributed by atoms with Crippen molar-refractivity contribution in [3.63, 3.8) is 0 Å². The molecule has 0 aromatic heterocycles. The van der Waals surface area contributed by atoms with Crippen molar-refractivity contribution in [3.05, 3.63) is 35.6 Å². The number of carbonyl (C=O) groups excluding carboxylic acids is 1. The molecule has 1 N–H and O–H groups in total. The van der Waals surface area contributed by atoms with Gasteiger partial charge in [0.05, 0.1) is 13.2 Å². The van der Waals surface area contributed by atoms with E-state index in [1.54, 1.807) is 12.1 Å². The maximum atomic E-state index is 13.0. The summed E-state index contributed by atoms with van der Waals surface area (Å²) in [7, 11) is 0. The summed E-state index contributed by atoms with van der Waals surface area (Å²) in [5.41, 5.74) is 1.04. The summed E-state index contributed by atoms with van der Waals surface area (Å²) < 4.78 is 18.4. The van der Waals surface area contributed by atoms with Gasteiger partial charge in [0.25, 0.3) is 0 Å². The minimum Gasteiger partial charge on any atom is -0.379 e. The molecule has 1 aliphatic rings. The van der Waals surface area contributed by atoms with Crippen LogP contribution in [0.4, 0.5) is 4.39 Å². The Morgan fingerprint density at radius 3 is 2.65 bits per heavy atom. The molecule has 1 amide bonds. The van der Waals surface area contributed by atoms with Gasteiger partial charge in [-0.05, 0) is 30.0 Å². The fourth-order valence-corrected chi connectivity index (χ4v) is 2.94. The van der Waals surface area contributed by atoms with E-state index in [0.29, 0.717) is 13.0 Å². The minimum absolute atomic E-state index is 0.0704. The Balaban J connectivity index is 1.77. The number of hydrogen-bond acceptors (Lipinski definition) is 3. The Kier molecular flexibility index (Phi) is 7.49. The molecular formula is C18H27FN2O2. The van der Waals surface area contributed by atoms with Gasteiger partial charge in [-0.3, -0.25) is 9.69 Å². The first-order valence-electron chi connectivity index (χ1n) is 8.51. The molecule has 128 valence electrons. The smallest absolute Gasteiger partial charge is 0.220 e. The quantitative estimate of drug-likeness (QED) is 0.800. The van der Waals surface area contributed by atoms with Crippen LogP contribution >= 0.6 is 0 Å². The molecule has 1 fully saturated rings. The number of ether oxygens (including phenoxy) is 1. The van der Waals surface area contributed by atoms with Crippen LogP contribution in [0.25, 0.3) is 0 Å². The Hall–Kier alpha value is -1.46. The highest BCUT2D eigenvalue weighted by atomic mass is 19.1. The number of nitrogens with zero attached hydrogens (tertiary/aromatic N) is 1. The van der Waals surface area contributed by atoms with Gasteiger partial charge in [-0.15, -0.1) is 0 Å². The number of nitrogens with one attached hydrogen (secondary N) is 1. The van der Waals surface area contributed by atoms with Crippen molar-refractivity contribution in [2.24, 2.45) is 0 Å². The number of morpholine rings is 1. The molecule has 4 nitrogen and oxygen atoms in total. The van der Waals surface area contributed by atoms with Gasteiger partial charge in [-0.1, -0.05) is 25.5 Å². The van der Waals surface area contributed by atoms with Crippen LogP contribution in [0.5, 0.6) is 0 Å². The number of halogens is 1. The first-order valence-corrected chi connectivity index (χ1v) is 8.51. The van der Waals surface area contributed by atoms with Gasteiger partial charge < -0.3 is 10.1 Å². The normalized spacial score (nSPS) is 17.0. The second-order valence-corrected chi connectivity index (χ2v) is 6.05. The number of rotatable bonds is 8. The molecule has 0 radical (unpaired) electrons. The fraction of sp³-hybridized carbons (Fsp3) is 0.611. The lowest BCUT2D eigenvalue weighted by Crippen LogP contribution is -2.41. The summed E-state index contributed by atoms with van der Waals surface area (Å²) in [6.07, 6.45) is 2.40. The molecule has 2 rings (SSSR count). The number of amides is 1. The van der Waals surface area contributed by atoms with E-state index >= 15 is 0 Å². The predicted octanol–water partition coefficient (Wildman–Crippen LogP) is 2.55. The zero-order valence-electron chi connectivity index (χ0n) is 13.9. The molecule has 1 atom stereocenters. The zero-order chi connectivity index (χ0) is 16.5. The Bertz CT molecular complexity index is 472. The lowest BCUT2D eigenvalue weighted by Gasteiger charge is -2.26. The van der Waals surface area contributed by atoms with Gasteiger partial charge in [0.15, 0.2) is 0 Å². The van der Waals surface area contributed by atoms with Gasteiger partial charge in [0.2, 0.25) is 5.91 Å². The van der Waals surface area contributed by atoms with Crippen LogP contribution in [0.1, 0.15) is 37.7 Å². The first-order chi connectivity index (χ1) is 11.2. The van der Waals surface area contributed by atoms with E-state index in [1.165, 1.54) is 12.1 Å². The summed E-state index contributed by atoms with van der Waals surface area (Å²) in [4.78, 5) is 14.5. The number of benzene rings is 1. The number of carbonyl (C=O) groups is 1. The molecule has 5 heteroatoms. The maximum Gasteiger partial charge on any atom is 0.220 e. The third kappa shape index (κ3) is 6.28. The second kappa shape index (κ2) is 9.63. The van der Waals surface area contributed by atoms with Crippen LogP contribution in [0.15, 0.2) is 24.3 Å². The van der Waals surface area contributed by atoms with Gasteiger partial charge >= 0.3 is 0 Å². The van der Waals surface area contributed by atoms with Crippen LogP contribution < -0.4 is 5.32 Å². The molecule has 0 aliphatic carbocycles. The van der Waals surface area contributed by atoms with E-state index in [4.69, 9.17) is 4.74 Å². The highest BCUT2D eigenvalue weighted by molar-refractivity contribution is 5.76. The van der Waals surface area contributed by atoms with Crippen LogP contribution in [-0.4, -0.2) is 50.2 Å². The van der Waals surface area contributed by atoms with E-state index in [0.717, 1.165) is 51.3 Å². The summed E-state index contributed by atoms with van der Waals surface area (Å²) in [5, 5.41) is 3.00. The van der Waals surface area contributed by atoms with E-state index in [2.05, 4.69) is 17.1 Å². The Morgan fingerprint density at radius 2 is 2.00 bits per heavy atom. The first kappa shape index (κ1) is 17.9. The van der Waals surface area contributed by atoms with Gasteiger partial charge in [0, 0.05) is 32.6 Å². The van der Waals surface area contributed by atoms with Crippen molar-refractivity contribution in [1.82, 2.24) is 10.2 Å². The van der Waals surface area contributed by atoms with E-state index in [1.807, 2.05) is 0 Å². The lowest BCUT2D eigenvalue weighted by atomic mass is 9.91. The highest BCUT2D eigenvalue weighted by Gasteiger charge is 2.16. The topological polar surface area (TPSA) is 41.6 Å². The molecule has 23 heavy (non-hydrogen) atoms. The molecule has 0 saturated carbocycles. The average Bonchev–Trinajstić information content (AvgIpc) is 2.56. The molecule has 0 bridgehead atoms. The third-order valence-electron chi connectivity index (χ3n) is 4.26. The average molecular weight is 322 g/mol. The van der Waals surface area contributed by atoms with Crippen molar-refractivity contribution in [1.29, 1.82) is 0 Å². The molecule has 1 saturated heterocycles.